The van der Waals surface area contributed by atoms with Crippen molar-refractivity contribution in [1.82, 2.24) is 0 Å². The van der Waals surface area contributed by atoms with Crippen molar-refractivity contribution in [2.45, 2.75) is 26.3 Å². The maximum Gasteiger partial charge on any atom is 0.280 e. The van der Waals surface area contributed by atoms with Gasteiger partial charge in [0.25, 0.3) is 5.69 Å². The lowest BCUT2D eigenvalue weighted by Gasteiger charge is -2.23. The van der Waals surface area contributed by atoms with Crippen LogP contribution < -0.4 is 5.32 Å². The lowest BCUT2D eigenvalue weighted by atomic mass is 10.1. The van der Waals surface area contributed by atoms with Gasteiger partial charge in [0.1, 0.15) is 0 Å². The van der Waals surface area contributed by atoms with E-state index in [1.165, 1.54) is 6.07 Å². The molecule has 0 amide bonds. The molecule has 0 radical (unpaired) electrons. The first kappa shape index (κ1) is 12.2. The topological polar surface area (TPSA) is 79.0 Å². The highest BCUT2D eigenvalue weighted by atomic mass is 16.6. The standard InChI is InChI=1S/C11H15N3O2/c1-11(2,3)13-9-5-4-6-10(14(15)16)8(9)7-12/h4-7,12-13H,1-3H3. The molecular weight excluding hydrogens is 206 g/mol. The van der Waals surface area contributed by atoms with Crippen LogP contribution in [0.4, 0.5) is 11.4 Å². The van der Waals surface area contributed by atoms with E-state index in [4.69, 9.17) is 5.41 Å². The first-order chi connectivity index (χ1) is 7.35. The number of nitrogens with zero attached hydrogens (tertiary/aromatic N) is 1. The third-order valence-electron chi connectivity index (χ3n) is 1.93. The fraction of sp³-hybridized carbons (Fsp3) is 0.364. The molecule has 86 valence electrons. The van der Waals surface area contributed by atoms with Crippen LogP contribution >= 0.6 is 0 Å². The summed E-state index contributed by atoms with van der Waals surface area (Å²) in [5.41, 5.74) is 0.663. The summed E-state index contributed by atoms with van der Waals surface area (Å²) in [7, 11) is 0. The number of benzene rings is 1. The monoisotopic (exact) mass is 221 g/mol. The molecule has 0 fully saturated rings. The van der Waals surface area contributed by atoms with Crippen molar-refractivity contribution in [1.29, 1.82) is 5.41 Å². The zero-order valence-corrected chi connectivity index (χ0v) is 9.57. The molecule has 2 N–H and O–H groups in total. The Bertz CT molecular complexity index is 422. The predicted octanol–water partition coefficient (Wildman–Crippen LogP) is 2.80. The number of rotatable bonds is 3. The predicted molar refractivity (Wildman–Crippen MR) is 64.4 cm³/mol. The first-order valence-corrected chi connectivity index (χ1v) is 4.91. The molecule has 16 heavy (non-hydrogen) atoms. The molecule has 0 heterocycles. The molecule has 0 spiro atoms. The van der Waals surface area contributed by atoms with E-state index in [-0.39, 0.29) is 11.2 Å². The molecule has 0 aliphatic heterocycles. The number of nitro benzene ring substituents is 1. The molecule has 0 aromatic heterocycles. The van der Waals surface area contributed by atoms with Crippen LogP contribution in [-0.2, 0) is 0 Å². The van der Waals surface area contributed by atoms with E-state index in [0.717, 1.165) is 6.21 Å². The van der Waals surface area contributed by atoms with Crippen LogP contribution in [0, 0.1) is 15.5 Å². The summed E-state index contributed by atoms with van der Waals surface area (Å²) in [5.74, 6) is 0. The van der Waals surface area contributed by atoms with Crippen LogP contribution in [0.15, 0.2) is 18.2 Å². The maximum atomic E-state index is 10.8. The minimum Gasteiger partial charge on any atom is -0.380 e. The number of nitro groups is 1. The van der Waals surface area contributed by atoms with Crippen LogP contribution in [0.5, 0.6) is 0 Å². The zero-order valence-electron chi connectivity index (χ0n) is 9.57. The molecule has 1 aromatic rings. The van der Waals surface area contributed by atoms with Crippen LogP contribution in [-0.4, -0.2) is 16.7 Å². The van der Waals surface area contributed by atoms with Gasteiger partial charge in [-0.1, -0.05) is 6.07 Å². The second-order valence-corrected chi connectivity index (χ2v) is 4.51. The molecule has 0 bridgehead atoms. The summed E-state index contributed by atoms with van der Waals surface area (Å²) in [5, 5.41) is 21.2. The van der Waals surface area contributed by atoms with Crippen molar-refractivity contribution >= 4 is 17.6 Å². The van der Waals surface area contributed by atoms with Crippen molar-refractivity contribution < 1.29 is 4.92 Å². The van der Waals surface area contributed by atoms with Crippen molar-refractivity contribution in [3.63, 3.8) is 0 Å². The number of anilines is 1. The second-order valence-electron chi connectivity index (χ2n) is 4.51. The molecule has 5 nitrogen and oxygen atoms in total. The van der Waals surface area contributed by atoms with E-state index in [0.29, 0.717) is 11.3 Å². The maximum absolute atomic E-state index is 10.8. The first-order valence-electron chi connectivity index (χ1n) is 4.91. The molecule has 0 saturated carbocycles. The Hall–Kier alpha value is -1.91. The van der Waals surface area contributed by atoms with Crippen molar-refractivity contribution in [3.8, 4) is 0 Å². The van der Waals surface area contributed by atoms with E-state index in [2.05, 4.69) is 5.32 Å². The number of nitrogens with one attached hydrogen (secondary N) is 2. The largest absolute Gasteiger partial charge is 0.380 e. The van der Waals surface area contributed by atoms with Gasteiger partial charge in [0.05, 0.1) is 16.2 Å². The Morgan fingerprint density at radius 3 is 2.50 bits per heavy atom. The van der Waals surface area contributed by atoms with Crippen molar-refractivity contribution in [2.24, 2.45) is 0 Å². The summed E-state index contributed by atoms with van der Waals surface area (Å²) in [6.45, 7) is 5.87. The number of hydrogen-bond donors (Lipinski definition) is 2. The number of hydrogen-bond acceptors (Lipinski definition) is 4. The van der Waals surface area contributed by atoms with E-state index in [9.17, 15) is 10.1 Å². The minimum absolute atomic E-state index is 0.0516. The van der Waals surface area contributed by atoms with Crippen molar-refractivity contribution in [2.75, 3.05) is 5.32 Å². The van der Waals surface area contributed by atoms with Gasteiger partial charge in [0.2, 0.25) is 0 Å². The summed E-state index contributed by atoms with van der Waals surface area (Å²) < 4.78 is 0. The highest BCUT2D eigenvalue weighted by molar-refractivity contribution is 5.91. The summed E-state index contributed by atoms with van der Waals surface area (Å²) in [6, 6.07) is 4.74. The van der Waals surface area contributed by atoms with Crippen LogP contribution in [0.3, 0.4) is 0 Å². The average Bonchev–Trinajstić information content (AvgIpc) is 2.14. The quantitative estimate of drug-likeness (QED) is 0.468. The molecular formula is C11H15N3O2. The molecule has 0 unspecified atom stereocenters. The zero-order chi connectivity index (χ0) is 12.3. The fourth-order valence-electron chi connectivity index (χ4n) is 1.38. The second kappa shape index (κ2) is 4.30. The molecule has 1 rings (SSSR count). The van der Waals surface area contributed by atoms with Gasteiger partial charge in [-0.3, -0.25) is 10.1 Å². The Labute approximate surface area is 94.1 Å². The lowest BCUT2D eigenvalue weighted by Crippen LogP contribution is -2.26. The molecule has 5 heteroatoms. The SMILES string of the molecule is CC(C)(C)Nc1cccc([N+](=O)[O-])c1C=N. The molecule has 1 aromatic carbocycles. The van der Waals surface area contributed by atoms with Gasteiger partial charge in [0.15, 0.2) is 0 Å². The Morgan fingerprint density at radius 2 is 2.06 bits per heavy atom. The smallest absolute Gasteiger partial charge is 0.280 e. The Balaban J connectivity index is 3.24. The van der Waals surface area contributed by atoms with Crippen LogP contribution in [0.1, 0.15) is 26.3 Å². The molecule has 0 atom stereocenters. The molecule has 0 saturated heterocycles. The van der Waals surface area contributed by atoms with E-state index in [1.54, 1.807) is 12.1 Å². The third-order valence-corrected chi connectivity index (χ3v) is 1.93. The minimum atomic E-state index is -0.478. The van der Waals surface area contributed by atoms with Gasteiger partial charge >= 0.3 is 0 Å². The van der Waals surface area contributed by atoms with Gasteiger partial charge in [-0.05, 0) is 26.8 Å². The van der Waals surface area contributed by atoms with Crippen LogP contribution in [0.25, 0.3) is 0 Å². The van der Waals surface area contributed by atoms with E-state index < -0.39 is 4.92 Å². The van der Waals surface area contributed by atoms with Gasteiger partial charge in [-0.25, -0.2) is 0 Å². The van der Waals surface area contributed by atoms with Crippen LogP contribution in [0.2, 0.25) is 0 Å². The third kappa shape index (κ3) is 2.79. The average molecular weight is 221 g/mol. The van der Waals surface area contributed by atoms with Crippen molar-refractivity contribution in [3.05, 3.63) is 33.9 Å². The lowest BCUT2D eigenvalue weighted by molar-refractivity contribution is -0.384. The van der Waals surface area contributed by atoms with Gasteiger partial charge in [0, 0.05) is 17.8 Å². The van der Waals surface area contributed by atoms with Gasteiger partial charge in [-0.15, -0.1) is 0 Å². The fourth-order valence-corrected chi connectivity index (χ4v) is 1.38. The molecule has 0 aliphatic rings. The van der Waals surface area contributed by atoms with E-state index >= 15 is 0 Å². The van der Waals surface area contributed by atoms with E-state index in [1.807, 2.05) is 20.8 Å². The van der Waals surface area contributed by atoms with Gasteiger partial charge in [-0.2, -0.15) is 0 Å². The normalized spacial score (nSPS) is 10.9. The molecule has 0 aliphatic carbocycles. The Morgan fingerprint density at radius 1 is 1.44 bits per heavy atom. The highest BCUT2D eigenvalue weighted by Gasteiger charge is 2.18. The highest BCUT2D eigenvalue weighted by Crippen LogP contribution is 2.26. The summed E-state index contributed by atoms with van der Waals surface area (Å²) in [4.78, 5) is 10.3. The summed E-state index contributed by atoms with van der Waals surface area (Å²) >= 11 is 0. The van der Waals surface area contributed by atoms with Gasteiger partial charge < -0.3 is 10.7 Å². The summed E-state index contributed by atoms with van der Waals surface area (Å²) in [6.07, 6.45) is 1.01. The Kier molecular flexibility index (Phi) is 3.27.